The van der Waals surface area contributed by atoms with E-state index in [0.717, 1.165) is 37.3 Å². The maximum atomic E-state index is 4.44. The van der Waals surface area contributed by atoms with Crippen molar-refractivity contribution in [1.82, 2.24) is 15.2 Å². The molecular weight excluding hydrogens is 262 g/mol. The molecule has 0 spiro atoms. The number of aliphatic imine (C=N–C) groups is 1. The molecule has 5 heteroatoms. The molecule has 1 aliphatic heterocycles. The third-order valence-corrected chi connectivity index (χ3v) is 3.90. The third-order valence-electron chi connectivity index (χ3n) is 3.90. The van der Waals surface area contributed by atoms with Gasteiger partial charge in [0, 0.05) is 52.5 Å². The van der Waals surface area contributed by atoms with Crippen molar-refractivity contribution in [3.63, 3.8) is 0 Å². The summed E-state index contributed by atoms with van der Waals surface area (Å²) in [5, 5.41) is 3.48. The van der Waals surface area contributed by atoms with Crippen LogP contribution >= 0.6 is 0 Å². The number of rotatable bonds is 3. The van der Waals surface area contributed by atoms with Crippen LogP contribution in [0.2, 0.25) is 0 Å². The molecule has 0 aromatic carbocycles. The van der Waals surface area contributed by atoms with Crippen LogP contribution in [0.15, 0.2) is 23.3 Å². The average molecular weight is 289 g/mol. The van der Waals surface area contributed by atoms with Crippen molar-refractivity contribution in [3.05, 3.63) is 23.9 Å². The van der Waals surface area contributed by atoms with Crippen molar-refractivity contribution in [2.75, 3.05) is 39.1 Å². The Hall–Kier alpha value is -1.78. The van der Waals surface area contributed by atoms with E-state index in [1.54, 1.807) is 0 Å². The molecule has 1 fully saturated rings. The Morgan fingerprint density at radius 2 is 2.33 bits per heavy atom. The standard InChI is InChI=1S/C16H27N5/c1-13-7-6-10-21(12-13)16(17-2)19-11-14-8-5-9-18-15(14)20(3)4/h5,8-9,13H,6-7,10-12H2,1-4H3,(H,17,19). The highest BCUT2D eigenvalue weighted by atomic mass is 15.3. The Balaban J connectivity index is 2.01. The Morgan fingerprint density at radius 1 is 1.52 bits per heavy atom. The number of piperidine rings is 1. The number of likely N-dealkylation sites (tertiary alicyclic amines) is 1. The third kappa shape index (κ3) is 4.09. The molecule has 1 aliphatic rings. The van der Waals surface area contributed by atoms with Gasteiger partial charge in [-0.25, -0.2) is 4.98 Å². The van der Waals surface area contributed by atoms with Gasteiger partial charge in [0.2, 0.25) is 0 Å². The summed E-state index contributed by atoms with van der Waals surface area (Å²) in [6.45, 7) is 5.24. The zero-order valence-corrected chi connectivity index (χ0v) is 13.6. The van der Waals surface area contributed by atoms with Crippen molar-refractivity contribution in [1.29, 1.82) is 0 Å². The predicted octanol–water partition coefficient (Wildman–Crippen LogP) is 1.95. The van der Waals surface area contributed by atoms with Crippen LogP contribution in [-0.4, -0.2) is 50.1 Å². The van der Waals surface area contributed by atoms with Gasteiger partial charge >= 0.3 is 0 Å². The van der Waals surface area contributed by atoms with Gasteiger partial charge in [-0.1, -0.05) is 13.0 Å². The highest BCUT2D eigenvalue weighted by Gasteiger charge is 2.19. The van der Waals surface area contributed by atoms with E-state index in [-0.39, 0.29) is 0 Å². The smallest absolute Gasteiger partial charge is 0.193 e. The number of hydrogen-bond donors (Lipinski definition) is 1. The topological polar surface area (TPSA) is 43.8 Å². The summed E-state index contributed by atoms with van der Waals surface area (Å²) in [5.41, 5.74) is 1.19. The van der Waals surface area contributed by atoms with Crippen molar-refractivity contribution < 1.29 is 0 Å². The minimum Gasteiger partial charge on any atom is -0.362 e. The monoisotopic (exact) mass is 289 g/mol. The number of nitrogens with zero attached hydrogens (tertiary/aromatic N) is 4. The van der Waals surface area contributed by atoms with Crippen molar-refractivity contribution in [3.8, 4) is 0 Å². The highest BCUT2D eigenvalue weighted by molar-refractivity contribution is 5.80. The molecule has 1 atom stereocenters. The van der Waals surface area contributed by atoms with Crippen LogP contribution in [0.5, 0.6) is 0 Å². The van der Waals surface area contributed by atoms with E-state index in [1.165, 1.54) is 18.4 Å². The molecule has 21 heavy (non-hydrogen) atoms. The van der Waals surface area contributed by atoms with Crippen LogP contribution in [-0.2, 0) is 6.54 Å². The first-order valence-electron chi connectivity index (χ1n) is 7.68. The van der Waals surface area contributed by atoms with Crippen LogP contribution in [0.4, 0.5) is 5.82 Å². The van der Waals surface area contributed by atoms with Gasteiger partial charge in [0.15, 0.2) is 5.96 Å². The Morgan fingerprint density at radius 3 is 3.00 bits per heavy atom. The molecule has 2 heterocycles. The van der Waals surface area contributed by atoms with Gasteiger partial charge in [-0.05, 0) is 24.8 Å². The molecule has 1 N–H and O–H groups in total. The van der Waals surface area contributed by atoms with Crippen LogP contribution in [0, 0.1) is 5.92 Å². The molecule has 1 unspecified atom stereocenters. The van der Waals surface area contributed by atoms with E-state index in [2.05, 4.69) is 33.2 Å². The van der Waals surface area contributed by atoms with Gasteiger partial charge in [0.25, 0.3) is 0 Å². The lowest BCUT2D eigenvalue weighted by Gasteiger charge is -2.33. The molecule has 5 nitrogen and oxygen atoms in total. The molecule has 116 valence electrons. The van der Waals surface area contributed by atoms with Gasteiger partial charge < -0.3 is 15.1 Å². The number of nitrogens with one attached hydrogen (secondary N) is 1. The molecular formula is C16H27N5. The summed E-state index contributed by atoms with van der Waals surface area (Å²) in [6, 6.07) is 4.09. The van der Waals surface area contributed by atoms with E-state index >= 15 is 0 Å². The quantitative estimate of drug-likeness (QED) is 0.682. The first kappa shape index (κ1) is 15.6. The fourth-order valence-electron chi connectivity index (χ4n) is 2.86. The second kappa shape index (κ2) is 7.29. The maximum Gasteiger partial charge on any atom is 0.193 e. The largest absolute Gasteiger partial charge is 0.362 e. The molecule has 2 rings (SSSR count). The summed E-state index contributed by atoms with van der Waals surface area (Å²) in [6.07, 6.45) is 4.40. The number of anilines is 1. The predicted molar refractivity (Wildman–Crippen MR) is 88.7 cm³/mol. The van der Waals surface area contributed by atoms with E-state index in [4.69, 9.17) is 0 Å². The van der Waals surface area contributed by atoms with Gasteiger partial charge in [-0.2, -0.15) is 0 Å². The lowest BCUT2D eigenvalue weighted by Crippen LogP contribution is -2.46. The first-order valence-corrected chi connectivity index (χ1v) is 7.68. The Kier molecular flexibility index (Phi) is 5.42. The van der Waals surface area contributed by atoms with E-state index in [0.29, 0.717) is 0 Å². The first-order chi connectivity index (χ1) is 10.1. The molecule has 1 aromatic rings. The summed E-state index contributed by atoms with van der Waals surface area (Å²) in [4.78, 5) is 13.3. The zero-order chi connectivity index (χ0) is 15.2. The number of guanidine groups is 1. The van der Waals surface area contributed by atoms with Gasteiger partial charge in [0.1, 0.15) is 5.82 Å². The average Bonchev–Trinajstić information content (AvgIpc) is 2.48. The van der Waals surface area contributed by atoms with Crippen molar-refractivity contribution >= 4 is 11.8 Å². The summed E-state index contributed by atoms with van der Waals surface area (Å²) in [7, 11) is 5.90. The molecule has 0 bridgehead atoms. The minimum atomic E-state index is 0.744. The lowest BCUT2D eigenvalue weighted by atomic mass is 10.0. The fraction of sp³-hybridized carbons (Fsp3) is 0.625. The SMILES string of the molecule is CN=C(NCc1cccnc1N(C)C)N1CCCC(C)C1. The van der Waals surface area contributed by atoms with Crippen LogP contribution < -0.4 is 10.2 Å². The van der Waals surface area contributed by atoms with E-state index in [9.17, 15) is 0 Å². The molecule has 0 radical (unpaired) electrons. The maximum absolute atomic E-state index is 4.44. The second-order valence-electron chi connectivity index (χ2n) is 5.97. The summed E-state index contributed by atoms with van der Waals surface area (Å²) < 4.78 is 0. The van der Waals surface area contributed by atoms with E-state index in [1.807, 2.05) is 38.3 Å². The van der Waals surface area contributed by atoms with Crippen LogP contribution in [0.3, 0.4) is 0 Å². The Labute approximate surface area is 128 Å². The van der Waals surface area contributed by atoms with Crippen molar-refractivity contribution in [2.45, 2.75) is 26.3 Å². The van der Waals surface area contributed by atoms with Gasteiger partial charge in [-0.3, -0.25) is 4.99 Å². The summed E-state index contributed by atoms with van der Waals surface area (Å²) in [5.74, 6) is 2.75. The van der Waals surface area contributed by atoms with Gasteiger partial charge in [0.05, 0.1) is 0 Å². The number of hydrogen-bond acceptors (Lipinski definition) is 3. The molecule has 1 aromatic heterocycles. The normalized spacial score (nSPS) is 19.5. The lowest BCUT2D eigenvalue weighted by molar-refractivity contribution is 0.266. The van der Waals surface area contributed by atoms with Crippen LogP contribution in [0.25, 0.3) is 0 Å². The number of pyridine rings is 1. The Bertz CT molecular complexity index is 483. The highest BCUT2D eigenvalue weighted by Crippen LogP contribution is 2.17. The minimum absolute atomic E-state index is 0.744. The van der Waals surface area contributed by atoms with Crippen molar-refractivity contribution in [2.24, 2.45) is 10.9 Å². The van der Waals surface area contributed by atoms with E-state index < -0.39 is 0 Å². The van der Waals surface area contributed by atoms with Crippen LogP contribution in [0.1, 0.15) is 25.3 Å². The zero-order valence-electron chi connectivity index (χ0n) is 13.6. The second-order valence-corrected chi connectivity index (χ2v) is 5.97. The fourth-order valence-corrected chi connectivity index (χ4v) is 2.86. The molecule has 0 aliphatic carbocycles. The van der Waals surface area contributed by atoms with Gasteiger partial charge in [-0.15, -0.1) is 0 Å². The number of aromatic nitrogens is 1. The molecule has 0 amide bonds. The molecule has 0 saturated carbocycles. The summed E-state index contributed by atoms with van der Waals surface area (Å²) >= 11 is 0. The molecule has 1 saturated heterocycles.